The molecule has 7 nitrogen and oxygen atoms in total. The zero-order valence-corrected chi connectivity index (χ0v) is 17.4. The van der Waals surface area contributed by atoms with Gasteiger partial charge in [-0.25, -0.2) is 0 Å². The highest BCUT2D eigenvalue weighted by Gasteiger charge is 2.18. The van der Waals surface area contributed by atoms with Crippen molar-refractivity contribution < 1.29 is 14.4 Å². The molecule has 0 aliphatic heterocycles. The SMILES string of the molecule is COc1ccc(Nc2nn(C[NH+](C)CC(=O)NC(C)(C)C)c(=S)s2)cc1. The fourth-order valence-electron chi connectivity index (χ4n) is 2.30. The van der Waals surface area contributed by atoms with Crippen LogP contribution in [0.4, 0.5) is 10.8 Å². The summed E-state index contributed by atoms with van der Waals surface area (Å²) in [6.07, 6.45) is 0. The molecule has 0 spiro atoms. The first-order chi connectivity index (χ1) is 12.2. The van der Waals surface area contributed by atoms with E-state index in [9.17, 15) is 4.79 Å². The number of rotatable bonds is 7. The minimum Gasteiger partial charge on any atom is -0.497 e. The maximum Gasteiger partial charge on any atom is 0.275 e. The molecular weight excluding hydrogens is 370 g/mol. The van der Waals surface area contributed by atoms with Gasteiger partial charge in [-0.3, -0.25) is 4.79 Å². The maximum atomic E-state index is 12.0. The van der Waals surface area contributed by atoms with Crippen molar-refractivity contribution in [1.82, 2.24) is 15.1 Å². The molecule has 1 unspecified atom stereocenters. The molecule has 1 aromatic carbocycles. The van der Waals surface area contributed by atoms with Crippen LogP contribution in [0.15, 0.2) is 24.3 Å². The number of hydrogen-bond acceptors (Lipinski definition) is 6. The van der Waals surface area contributed by atoms with Crippen LogP contribution in [-0.2, 0) is 11.5 Å². The quantitative estimate of drug-likeness (QED) is 0.623. The molecule has 142 valence electrons. The summed E-state index contributed by atoms with van der Waals surface area (Å²) >= 11 is 6.79. The lowest BCUT2D eigenvalue weighted by Crippen LogP contribution is -3.09. The molecule has 2 rings (SSSR count). The Balaban J connectivity index is 1.96. The Morgan fingerprint density at radius 2 is 2.00 bits per heavy atom. The van der Waals surface area contributed by atoms with Gasteiger partial charge in [0, 0.05) is 11.2 Å². The van der Waals surface area contributed by atoms with E-state index in [1.165, 1.54) is 11.3 Å². The van der Waals surface area contributed by atoms with Crippen molar-refractivity contribution in [1.29, 1.82) is 0 Å². The Kier molecular flexibility index (Phi) is 6.74. The van der Waals surface area contributed by atoms with Crippen molar-refractivity contribution in [3.63, 3.8) is 0 Å². The fraction of sp³-hybridized carbons (Fsp3) is 0.471. The Labute approximate surface area is 163 Å². The molecule has 1 atom stereocenters. The number of hydrogen-bond donors (Lipinski definition) is 3. The number of nitrogens with one attached hydrogen (secondary N) is 3. The molecule has 0 radical (unpaired) electrons. The maximum absolute atomic E-state index is 12.0. The van der Waals surface area contributed by atoms with E-state index in [0.29, 0.717) is 22.3 Å². The lowest BCUT2D eigenvalue weighted by atomic mass is 10.1. The molecule has 2 aromatic rings. The molecule has 9 heteroatoms. The number of anilines is 2. The first-order valence-electron chi connectivity index (χ1n) is 8.27. The first-order valence-corrected chi connectivity index (χ1v) is 9.50. The van der Waals surface area contributed by atoms with Gasteiger partial charge in [-0.15, -0.1) is 5.10 Å². The normalized spacial score (nSPS) is 12.5. The molecule has 0 fully saturated rings. The third kappa shape index (κ3) is 6.40. The molecule has 0 saturated heterocycles. The van der Waals surface area contributed by atoms with Crippen molar-refractivity contribution in [2.75, 3.05) is 26.0 Å². The highest BCUT2D eigenvalue weighted by molar-refractivity contribution is 7.73. The highest BCUT2D eigenvalue weighted by Crippen LogP contribution is 2.22. The number of nitrogens with zero attached hydrogens (tertiary/aromatic N) is 2. The molecule has 3 N–H and O–H groups in total. The molecule has 0 bridgehead atoms. The zero-order chi connectivity index (χ0) is 19.3. The second-order valence-electron chi connectivity index (χ2n) is 7.12. The number of quaternary nitrogens is 1. The second kappa shape index (κ2) is 8.61. The van der Waals surface area contributed by atoms with Gasteiger partial charge in [0.2, 0.25) is 5.13 Å². The van der Waals surface area contributed by atoms with Gasteiger partial charge in [-0.1, -0.05) is 11.3 Å². The standard InChI is InChI=1S/C17H25N5O2S2/c1-17(2,3)19-14(23)10-21(4)11-22-16(25)26-15(20-22)18-12-6-8-13(24-5)9-7-12/h6-9H,10-11H2,1-5H3,(H,18,20)(H,19,23)/p+1. The van der Waals surface area contributed by atoms with Crippen molar-refractivity contribution in [2.45, 2.75) is 33.0 Å². The number of likely N-dealkylation sites (N-methyl/N-ethyl adjacent to an activating group) is 1. The monoisotopic (exact) mass is 396 g/mol. The van der Waals surface area contributed by atoms with Crippen LogP contribution in [0.3, 0.4) is 0 Å². The van der Waals surface area contributed by atoms with Gasteiger partial charge in [-0.2, -0.15) is 4.68 Å². The zero-order valence-electron chi connectivity index (χ0n) is 15.8. The van der Waals surface area contributed by atoms with E-state index >= 15 is 0 Å². The van der Waals surface area contributed by atoms with Crippen molar-refractivity contribution in [2.24, 2.45) is 0 Å². The largest absolute Gasteiger partial charge is 0.497 e. The molecule has 26 heavy (non-hydrogen) atoms. The Morgan fingerprint density at radius 3 is 2.58 bits per heavy atom. The number of methoxy groups -OCH3 is 1. The molecule has 0 aliphatic carbocycles. The topological polar surface area (TPSA) is 72.6 Å². The van der Waals surface area contributed by atoms with Crippen LogP contribution < -0.4 is 20.3 Å². The summed E-state index contributed by atoms with van der Waals surface area (Å²) in [5, 5.41) is 11.4. The number of carbonyl (C=O) groups is 1. The lowest BCUT2D eigenvalue weighted by molar-refractivity contribution is -0.895. The van der Waals surface area contributed by atoms with E-state index in [1.54, 1.807) is 11.8 Å². The van der Waals surface area contributed by atoms with E-state index in [4.69, 9.17) is 17.0 Å². The summed E-state index contributed by atoms with van der Waals surface area (Å²) in [5.41, 5.74) is 0.677. The van der Waals surface area contributed by atoms with E-state index in [2.05, 4.69) is 15.7 Å². The van der Waals surface area contributed by atoms with Crippen LogP contribution in [0.5, 0.6) is 5.75 Å². The van der Waals surface area contributed by atoms with Crippen LogP contribution >= 0.6 is 23.6 Å². The van der Waals surface area contributed by atoms with E-state index < -0.39 is 0 Å². The summed E-state index contributed by atoms with van der Waals surface area (Å²) in [4.78, 5) is 13.0. The average molecular weight is 397 g/mol. The minimum absolute atomic E-state index is 0.00771. The second-order valence-corrected chi connectivity index (χ2v) is 8.74. The Hall–Kier alpha value is -1.97. The average Bonchev–Trinajstić information content (AvgIpc) is 2.85. The van der Waals surface area contributed by atoms with E-state index in [1.807, 2.05) is 52.1 Å². The number of aromatic nitrogens is 2. The van der Waals surface area contributed by atoms with Crippen molar-refractivity contribution in [3.8, 4) is 5.75 Å². The van der Waals surface area contributed by atoms with E-state index in [-0.39, 0.29) is 11.4 Å². The number of benzene rings is 1. The van der Waals surface area contributed by atoms with Crippen LogP contribution in [0, 0.1) is 3.95 Å². The van der Waals surface area contributed by atoms with Crippen LogP contribution in [-0.4, -0.2) is 41.9 Å². The van der Waals surface area contributed by atoms with Gasteiger partial charge in [0.25, 0.3) is 5.91 Å². The molecule has 1 amide bonds. The predicted octanol–water partition coefficient (Wildman–Crippen LogP) is 1.81. The Morgan fingerprint density at radius 1 is 1.35 bits per heavy atom. The molecule has 0 aliphatic rings. The Bertz CT molecular complexity index is 793. The summed E-state index contributed by atoms with van der Waals surface area (Å²) in [6, 6.07) is 7.60. The number of carbonyl (C=O) groups excluding carboxylic acids is 1. The van der Waals surface area contributed by atoms with Gasteiger partial charge in [0.05, 0.1) is 14.2 Å². The number of ether oxygens (including phenoxy) is 1. The van der Waals surface area contributed by atoms with Gasteiger partial charge in [0.1, 0.15) is 5.75 Å². The smallest absolute Gasteiger partial charge is 0.275 e. The van der Waals surface area contributed by atoms with E-state index in [0.717, 1.165) is 16.3 Å². The minimum atomic E-state index is -0.232. The first kappa shape index (κ1) is 20.3. The molecule has 1 aromatic heterocycles. The van der Waals surface area contributed by atoms with Crippen molar-refractivity contribution in [3.05, 3.63) is 28.2 Å². The van der Waals surface area contributed by atoms with Crippen LogP contribution in [0.1, 0.15) is 20.8 Å². The molecule has 1 heterocycles. The number of amides is 1. The molecule has 0 saturated carbocycles. The lowest BCUT2D eigenvalue weighted by Gasteiger charge is -2.21. The van der Waals surface area contributed by atoms with Crippen LogP contribution in [0.25, 0.3) is 0 Å². The summed E-state index contributed by atoms with van der Waals surface area (Å²) in [6.45, 7) is 6.78. The third-order valence-corrected chi connectivity index (χ3v) is 4.57. The summed E-state index contributed by atoms with van der Waals surface area (Å²) in [5.74, 6) is 0.806. The van der Waals surface area contributed by atoms with Gasteiger partial charge >= 0.3 is 0 Å². The van der Waals surface area contributed by atoms with Crippen molar-refractivity contribution >= 4 is 40.3 Å². The fourth-order valence-corrected chi connectivity index (χ4v) is 3.33. The highest BCUT2D eigenvalue weighted by atomic mass is 32.1. The summed E-state index contributed by atoms with van der Waals surface area (Å²) < 4.78 is 7.56. The van der Waals surface area contributed by atoms with Crippen LogP contribution in [0.2, 0.25) is 0 Å². The third-order valence-electron chi connectivity index (χ3n) is 3.34. The summed E-state index contributed by atoms with van der Waals surface area (Å²) in [7, 11) is 3.58. The van der Waals surface area contributed by atoms with Gasteiger partial charge in [0.15, 0.2) is 17.2 Å². The van der Waals surface area contributed by atoms with Gasteiger partial charge < -0.3 is 20.3 Å². The van der Waals surface area contributed by atoms with Gasteiger partial charge in [-0.05, 0) is 57.3 Å². The molecular formula is C17H26N5O2S2+. The predicted molar refractivity (Wildman–Crippen MR) is 107 cm³/mol.